The van der Waals surface area contributed by atoms with Crippen molar-refractivity contribution in [2.75, 3.05) is 5.32 Å². The number of anilines is 1. The Balaban J connectivity index is 1.67. The van der Waals surface area contributed by atoms with Crippen molar-refractivity contribution in [3.05, 3.63) is 69.2 Å². The molecule has 0 aliphatic heterocycles. The Hall–Kier alpha value is -2.34. The number of aromatic amines is 2. The first kappa shape index (κ1) is 13.6. The minimum absolute atomic E-state index is 0.131. The molecule has 0 bridgehead atoms. The lowest BCUT2D eigenvalue weighted by atomic mass is 10.1. The van der Waals surface area contributed by atoms with Crippen LogP contribution in [0.5, 0.6) is 0 Å². The van der Waals surface area contributed by atoms with Gasteiger partial charge in [0.05, 0.1) is 17.9 Å². The molecule has 6 heteroatoms. The predicted octanol–water partition coefficient (Wildman–Crippen LogP) is 3.14. The first-order chi connectivity index (χ1) is 10.2. The van der Waals surface area contributed by atoms with Gasteiger partial charge in [0, 0.05) is 22.4 Å². The molecular weight excluding hydrogens is 332 g/mol. The Morgan fingerprint density at radius 2 is 1.90 bits per heavy atom. The third kappa shape index (κ3) is 3.41. The number of benzene rings is 1. The van der Waals surface area contributed by atoms with Crippen LogP contribution in [0, 0.1) is 0 Å². The Bertz CT molecular complexity index is 774. The fraction of sp³-hybridized carbons (Fsp3) is 0.0667. The molecule has 0 amide bonds. The van der Waals surface area contributed by atoms with Gasteiger partial charge in [0.25, 0.3) is 5.56 Å². The fourth-order valence-electron chi connectivity index (χ4n) is 1.96. The van der Waals surface area contributed by atoms with Crippen LogP contribution in [0.15, 0.2) is 57.9 Å². The zero-order chi connectivity index (χ0) is 14.7. The van der Waals surface area contributed by atoms with E-state index in [9.17, 15) is 4.79 Å². The quantitative estimate of drug-likeness (QED) is 0.680. The van der Waals surface area contributed by atoms with E-state index >= 15 is 0 Å². The van der Waals surface area contributed by atoms with E-state index in [4.69, 9.17) is 0 Å². The molecule has 3 rings (SSSR count). The van der Waals surface area contributed by atoms with Crippen molar-refractivity contribution >= 4 is 21.6 Å². The SMILES string of the molecule is O=c1cc(-c2ccc(NCc3ccc(Br)cn3)cc2)[nH][nH]1. The topological polar surface area (TPSA) is 73.6 Å². The number of nitrogens with one attached hydrogen (secondary N) is 3. The van der Waals surface area contributed by atoms with Crippen molar-refractivity contribution in [3.8, 4) is 11.3 Å². The van der Waals surface area contributed by atoms with E-state index in [-0.39, 0.29) is 5.56 Å². The van der Waals surface area contributed by atoms with Gasteiger partial charge in [-0.15, -0.1) is 0 Å². The summed E-state index contributed by atoms with van der Waals surface area (Å²) in [4.78, 5) is 15.4. The molecule has 0 spiro atoms. The third-order valence-electron chi connectivity index (χ3n) is 3.05. The van der Waals surface area contributed by atoms with Gasteiger partial charge in [0.2, 0.25) is 0 Å². The molecule has 0 saturated heterocycles. The number of halogens is 1. The summed E-state index contributed by atoms with van der Waals surface area (Å²) in [5.41, 5.74) is 3.58. The summed E-state index contributed by atoms with van der Waals surface area (Å²) >= 11 is 3.36. The Labute approximate surface area is 129 Å². The van der Waals surface area contributed by atoms with Crippen LogP contribution in [0.1, 0.15) is 5.69 Å². The zero-order valence-electron chi connectivity index (χ0n) is 11.1. The fourth-order valence-corrected chi connectivity index (χ4v) is 2.19. The molecule has 21 heavy (non-hydrogen) atoms. The zero-order valence-corrected chi connectivity index (χ0v) is 12.6. The van der Waals surface area contributed by atoms with E-state index in [0.29, 0.717) is 6.54 Å². The molecule has 3 N–H and O–H groups in total. The van der Waals surface area contributed by atoms with Crippen molar-refractivity contribution in [2.24, 2.45) is 0 Å². The maximum atomic E-state index is 11.1. The summed E-state index contributed by atoms with van der Waals surface area (Å²) < 4.78 is 0.969. The average molecular weight is 345 g/mol. The molecule has 3 aromatic rings. The van der Waals surface area contributed by atoms with Crippen molar-refractivity contribution in [2.45, 2.75) is 6.54 Å². The van der Waals surface area contributed by atoms with Crippen molar-refractivity contribution in [3.63, 3.8) is 0 Å². The van der Waals surface area contributed by atoms with Crippen LogP contribution in [0.25, 0.3) is 11.3 Å². The van der Waals surface area contributed by atoms with Crippen molar-refractivity contribution < 1.29 is 0 Å². The van der Waals surface area contributed by atoms with Gasteiger partial charge >= 0.3 is 0 Å². The predicted molar refractivity (Wildman–Crippen MR) is 86.1 cm³/mol. The van der Waals surface area contributed by atoms with Crippen LogP contribution in [0.3, 0.4) is 0 Å². The third-order valence-corrected chi connectivity index (χ3v) is 3.52. The normalized spacial score (nSPS) is 10.5. The molecule has 0 radical (unpaired) electrons. The molecule has 1 aromatic carbocycles. The molecule has 2 aromatic heterocycles. The van der Waals surface area contributed by atoms with Crippen LogP contribution < -0.4 is 10.9 Å². The molecule has 5 nitrogen and oxygen atoms in total. The summed E-state index contributed by atoms with van der Waals surface area (Å²) in [7, 11) is 0. The molecule has 106 valence electrons. The van der Waals surface area contributed by atoms with Gasteiger partial charge < -0.3 is 5.32 Å². The lowest BCUT2D eigenvalue weighted by Gasteiger charge is -2.07. The van der Waals surface area contributed by atoms with Crippen LogP contribution in [0.2, 0.25) is 0 Å². The monoisotopic (exact) mass is 344 g/mol. The summed E-state index contributed by atoms with van der Waals surface area (Å²) in [5.74, 6) is 0. The standard InChI is InChI=1S/C15H13BrN4O/c16-11-3-6-13(17-8-11)9-18-12-4-1-10(2-5-12)14-7-15(21)20-19-14/h1-8,18H,9H2,(H2,19,20,21). The molecule has 0 aliphatic rings. The van der Waals surface area contributed by atoms with Gasteiger partial charge in [0.15, 0.2) is 0 Å². The number of rotatable bonds is 4. The highest BCUT2D eigenvalue weighted by atomic mass is 79.9. The van der Waals surface area contributed by atoms with Crippen LogP contribution in [-0.4, -0.2) is 15.2 Å². The first-order valence-electron chi connectivity index (χ1n) is 6.43. The van der Waals surface area contributed by atoms with Gasteiger partial charge in [0.1, 0.15) is 0 Å². The lowest BCUT2D eigenvalue weighted by molar-refractivity contribution is 1.04. The molecule has 0 aliphatic carbocycles. The number of hydrogen-bond donors (Lipinski definition) is 3. The highest BCUT2D eigenvalue weighted by Gasteiger charge is 2.01. The first-order valence-corrected chi connectivity index (χ1v) is 7.22. The van der Waals surface area contributed by atoms with Gasteiger partial charge in [-0.2, -0.15) is 0 Å². The molecule has 0 saturated carbocycles. The van der Waals surface area contributed by atoms with Crippen LogP contribution >= 0.6 is 15.9 Å². The van der Waals surface area contributed by atoms with Gasteiger partial charge in [-0.3, -0.25) is 20.0 Å². The number of pyridine rings is 1. The van der Waals surface area contributed by atoms with Crippen LogP contribution in [0.4, 0.5) is 5.69 Å². The molecule has 0 atom stereocenters. The maximum Gasteiger partial charge on any atom is 0.264 e. The Kier molecular flexibility index (Phi) is 3.87. The van der Waals surface area contributed by atoms with Crippen molar-refractivity contribution in [1.29, 1.82) is 0 Å². The number of aromatic nitrogens is 3. The highest BCUT2D eigenvalue weighted by Crippen LogP contribution is 2.18. The molecule has 0 fully saturated rings. The Morgan fingerprint density at radius 3 is 2.52 bits per heavy atom. The lowest BCUT2D eigenvalue weighted by Crippen LogP contribution is -2.01. The summed E-state index contributed by atoms with van der Waals surface area (Å²) in [5, 5.41) is 8.66. The number of nitrogens with zero attached hydrogens (tertiary/aromatic N) is 1. The van der Waals surface area contributed by atoms with Crippen molar-refractivity contribution in [1.82, 2.24) is 15.2 Å². The minimum atomic E-state index is -0.131. The average Bonchev–Trinajstić information content (AvgIpc) is 2.94. The smallest absolute Gasteiger partial charge is 0.264 e. The summed E-state index contributed by atoms with van der Waals surface area (Å²) in [6.45, 7) is 0.660. The second-order valence-corrected chi connectivity index (χ2v) is 5.49. The largest absolute Gasteiger partial charge is 0.379 e. The Morgan fingerprint density at radius 1 is 1.10 bits per heavy atom. The summed E-state index contributed by atoms with van der Waals surface area (Å²) in [6, 6.07) is 13.3. The van der Waals surface area contributed by atoms with Gasteiger partial charge in [-0.05, 0) is 45.8 Å². The molecule has 0 unspecified atom stereocenters. The number of hydrogen-bond acceptors (Lipinski definition) is 3. The highest BCUT2D eigenvalue weighted by molar-refractivity contribution is 9.10. The van der Waals surface area contributed by atoms with Gasteiger partial charge in [-0.25, -0.2) is 0 Å². The van der Waals surface area contributed by atoms with E-state index < -0.39 is 0 Å². The van der Waals surface area contributed by atoms with Crippen LogP contribution in [-0.2, 0) is 6.54 Å². The van der Waals surface area contributed by atoms with E-state index in [1.807, 2.05) is 36.4 Å². The molecular formula is C15H13BrN4O. The maximum absolute atomic E-state index is 11.1. The van der Waals surface area contributed by atoms with E-state index in [1.165, 1.54) is 6.07 Å². The molecule has 2 heterocycles. The van der Waals surface area contributed by atoms with E-state index in [1.54, 1.807) is 6.20 Å². The number of H-pyrrole nitrogens is 2. The van der Waals surface area contributed by atoms with E-state index in [2.05, 4.69) is 36.4 Å². The van der Waals surface area contributed by atoms with Gasteiger partial charge in [-0.1, -0.05) is 12.1 Å². The summed E-state index contributed by atoms with van der Waals surface area (Å²) in [6.07, 6.45) is 1.78. The van der Waals surface area contributed by atoms with E-state index in [0.717, 1.165) is 27.1 Å². The minimum Gasteiger partial charge on any atom is -0.379 e. The second-order valence-electron chi connectivity index (χ2n) is 4.57. The second kappa shape index (κ2) is 5.97.